The number of aromatic nitrogens is 3. The second-order valence-electron chi connectivity index (χ2n) is 6.25. The number of nitrogens with zero attached hydrogens (tertiary/aromatic N) is 5. The molecule has 1 aromatic heterocycles. The summed E-state index contributed by atoms with van der Waals surface area (Å²) >= 11 is 0. The zero-order chi connectivity index (χ0) is 17.6. The molecule has 2 saturated heterocycles. The van der Waals surface area contributed by atoms with Crippen LogP contribution >= 0.6 is 0 Å². The number of amides is 2. The highest BCUT2D eigenvalue weighted by Crippen LogP contribution is 2.34. The number of rotatable bonds is 2. The first-order valence-electron chi connectivity index (χ1n) is 8.00. The minimum absolute atomic E-state index is 0.0930. The van der Waals surface area contributed by atoms with Crippen LogP contribution in [-0.4, -0.2) is 67.6 Å². The molecule has 0 aliphatic carbocycles. The minimum Gasteiger partial charge on any atom is -0.465 e. The quantitative estimate of drug-likeness (QED) is 0.884. The van der Waals surface area contributed by atoms with E-state index in [0.29, 0.717) is 19.5 Å². The fourth-order valence-corrected chi connectivity index (χ4v) is 3.58. The highest BCUT2D eigenvalue weighted by Gasteiger charge is 2.46. The first-order valence-corrected chi connectivity index (χ1v) is 8.00. The Morgan fingerprint density at radius 1 is 1.20 bits per heavy atom. The van der Waals surface area contributed by atoms with Crippen molar-refractivity contribution in [2.24, 2.45) is 5.92 Å². The molecule has 0 saturated carbocycles. The van der Waals surface area contributed by atoms with Crippen LogP contribution in [0.15, 0.2) is 30.6 Å². The lowest BCUT2D eigenvalue weighted by Crippen LogP contribution is -2.66. The van der Waals surface area contributed by atoms with Gasteiger partial charge in [0.25, 0.3) is 5.91 Å². The zero-order valence-electron chi connectivity index (χ0n) is 13.2. The fraction of sp³-hybridized carbons (Fsp3) is 0.375. The summed E-state index contributed by atoms with van der Waals surface area (Å²) in [5.74, 6) is -0.842. The molecular formula is C16H16FN5O3. The molecule has 0 bridgehead atoms. The van der Waals surface area contributed by atoms with Crippen molar-refractivity contribution in [1.29, 1.82) is 0 Å². The van der Waals surface area contributed by atoms with Crippen LogP contribution < -0.4 is 0 Å². The van der Waals surface area contributed by atoms with Gasteiger partial charge in [-0.2, -0.15) is 15.0 Å². The average Bonchev–Trinajstić information content (AvgIpc) is 3.09. The van der Waals surface area contributed by atoms with Crippen molar-refractivity contribution in [2.45, 2.75) is 12.5 Å². The molecule has 2 aromatic rings. The molecule has 2 aliphatic heterocycles. The number of hydrogen-bond donors (Lipinski definition) is 1. The van der Waals surface area contributed by atoms with Crippen molar-refractivity contribution < 1.29 is 19.1 Å². The maximum atomic E-state index is 14.4. The zero-order valence-corrected chi connectivity index (χ0v) is 13.2. The third-order valence-electron chi connectivity index (χ3n) is 4.92. The average molecular weight is 345 g/mol. The SMILES string of the molecule is O=C(O)N1CCC2CN(C(=O)c3c(F)cccc3-n3nccn3)C2C1. The number of carbonyl (C=O) groups excluding carboxylic acids is 1. The van der Waals surface area contributed by atoms with Gasteiger partial charge < -0.3 is 14.9 Å². The molecule has 0 radical (unpaired) electrons. The molecule has 130 valence electrons. The van der Waals surface area contributed by atoms with E-state index in [1.54, 1.807) is 11.0 Å². The molecule has 2 atom stereocenters. The molecule has 8 nitrogen and oxygen atoms in total. The Labute approximate surface area is 142 Å². The van der Waals surface area contributed by atoms with Gasteiger partial charge in [0.05, 0.1) is 18.4 Å². The molecule has 3 heterocycles. The van der Waals surface area contributed by atoms with Gasteiger partial charge in [-0.05, 0) is 18.6 Å². The third kappa shape index (κ3) is 2.51. The van der Waals surface area contributed by atoms with Gasteiger partial charge >= 0.3 is 6.09 Å². The number of benzene rings is 1. The van der Waals surface area contributed by atoms with Gasteiger partial charge in [-0.15, -0.1) is 0 Å². The second-order valence-corrected chi connectivity index (χ2v) is 6.25. The lowest BCUT2D eigenvalue weighted by molar-refractivity contribution is -0.0240. The Balaban J connectivity index is 1.63. The Hall–Kier alpha value is -2.97. The summed E-state index contributed by atoms with van der Waals surface area (Å²) in [6, 6.07) is 4.09. The van der Waals surface area contributed by atoms with Gasteiger partial charge in [-0.1, -0.05) is 6.07 Å². The molecule has 1 N–H and O–H groups in total. The summed E-state index contributed by atoms with van der Waals surface area (Å²) in [4.78, 5) is 28.2. The largest absolute Gasteiger partial charge is 0.465 e. The minimum atomic E-state index is -0.995. The van der Waals surface area contributed by atoms with E-state index in [0.717, 1.165) is 0 Å². The Morgan fingerprint density at radius 3 is 2.68 bits per heavy atom. The number of likely N-dealkylation sites (tertiary alicyclic amines) is 2. The number of carboxylic acid groups (broad SMARTS) is 1. The van der Waals surface area contributed by atoms with E-state index in [4.69, 9.17) is 5.11 Å². The number of fused-ring (bicyclic) bond motifs is 1. The molecule has 2 amide bonds. The van der Waals surface area contributed by atoms with Crippen LogP contribution in [0.3, 0.4) is 0 Å². The smallest absolute Gasteiger partial charge is 0.407 e. The van der Waals surface area contributed by atoms with Gasteiger partial charge in [0, 0.05) is 25.6 Å². The van der Waals surface area contributed by atoms with Gasteiger partial charge in [-0.25, -0.2) is 9.18 Å². The second kappa shape index (κ2) is 5.83. The molecule has 2 aliphatic rings. The maximum Gasteiger partial charge on any atom is 0.407 e. The van der Waals surface area contributed by atoms with Crippen LogP contribution in [0.5, 0.6) is 0 Å². The highest BCUT2D eigenvalue weighted by molar-refractivity contribution is 5.98. The predicted octanol–water partition coefficient (Wildman–Crippen LogP) is 1.23. The monoisotopic (exact) mass is 345 g/mol. The van der Waals surface area contributed by atoms with Crippen LogP contribution in [0, 0.1) is 11.7 Å². The van der Waals surface area contributed by atoms with Crippen LogP contribution in [0.25, 0.3) is 5.69 Å². The molecule has 25 heavy (non-hydrogen) atoms. The lowest BCUT2D eigenvalue weighted by atomic mass is 9.82. The normalized spacial score (nSPS) is 22.3. The van der Waals surface area contributed by atoms with Crippen LogP contribution in [0.2, 0.25) is 0 Å². The van der Waals surface area contributed by atoms with Gasteiger partial charge in [0.1, 0.15) is 17.1 Å². The van der Waals surface area contributed by atoms with Crippen LogP contribution in [-0.2, 0) is 0 Å². The van der Waals surface area contributed by atoms with Crippen molar-refractivity contribution in [3.05, 3.63) is 42.0 Å². The number of hydrogen-bond acceptors (Lipinski definition) is 4. The van der Waals surface area contributed by atoms with Crippen molar-refractivity contribution in [1.82, 2.24) is 24.8 Å². The van der Waals surface area contributed by atoms with E-state index in [2.05, 4.69) is 10.2 Å². The predicted molar refractivity (Wildman–Crippen MR) is 83.8 cm³/mol. The number of piperidine rings is 1. The third-order valence-corrected chi connectivity index (χ3v) is 4.92. The van der Waals surface area contributed by atoms with E-state index in [1.807, 2.05) is 0 Å². The van der Waals surface area contributed by atoms with E-state index < -0.39 is 17.8 Å². The van der Waals surface area contributed by atoms with Gasteiger partial charge in [0.15, 0.2) is 0 Å². The van der Waals surface area contributed by atoms with Crippen molar-refractivity contribution in [3.8, 4) is 5.69 Å². The molecule has 1 aromatic carbocycles. The van der Waals surface area contributed by atoms with Crippen molar-refractivity contribution in [3.63, 3.8) is 0 Å². The summed E-state index contributed by atoms with van der Waals surface area (Å²) in [7, 11) is 0. The molecule has 0 spiro atoms. The van der Waals surface area contributed by atoms with Crippen molar-refractivity contribution in [2.75, 3.05) is 19.6 Å². The first kappa shape index (κ1) is 15.6. The summed E-state index contributed by atoms with van der Waals surface area (Å²) in [6.45, 7) is 1.24. The molecule has 2 unspecified atom stereocenters. The highest BCUT2D eigenvalue weighted by atomic mass is 19.1. The van der Waals surface area contributed by atoms with Crippen LogP contribution in [0.1, 0.15) is 16.8 Å². The van der Waals surface area contributed by atoms with E-state index in [1.165, 1.54) is 34.2 Å². The summed E-state index contributed by atoms with van der Waals surface area (Å²) in [5, 5.41) is 17.1. The molecule has 2 fully saturated rings. The topological polar surface area (TPSA) is 91.6 Å². The Kier molecular flexibility index (Phi) is 3.63. The summed E-state index contributed by atoms with van der Waals surface area (Å²) in [5.41, 5.74) is 0.175. The van der Waals surface area contributed by atoms with Gasteiger partial charge in [0.2, 0.25) is 0 Å². The Bertz CT molecular complexity index is 825. The van der Waals surface area contributed by atoms with Gasteiger partial charge in [-0.3, -0.25) is 4.79 Å². The molecular weight excluding hydrogens is 329 g/mol. The summed E-state index contributed by atoms with van der Waals surface area (Å²) < 4.78 is 14.4. The van der Waals surface area contributed by atoms with E-state index in [-0.39, 0.29) is 29.8 Å². The Morgan fingerprint density at radius 2 is 1.96 bits per heavy atom. The van der Waals surface area contributed by atoms with E-state index in [9.17, 15) is 14.0 Å². The molecule has 4 rings (SSSR count). The van der Waals surface area contributed by atoms with E-state index >= 15 is 0 Å². The first-order chi connectivity index (χ1) is 12.1. The maximum absolute atomic E-state index is 14.4. The van der Waals surface area contributed by atoms with Crippen molar-refractivity contribution >= 4 is 12.0 Å². The summed E-state index contributed by atoms with van der Waals surface area (Å²) in [6.07, 6.45) is 2.62. The molecule has 9 heteroatoms. The number of carbonyl (C=O) groups is 2. The lowest BCUT2D eigenvalue weighted by Gasteiger charge is -2.52. The number of halogens is 1. The standard InChI is InChI=1S/C16H16FN5O3/c17-11-2-1-3-12(22-18-5-6-19-22)14(11)15(23)21-8-10-4-7-20(16(24)25)9-13(10)21/h1-3,5-6,10,13H,4,7-9H2,(H,24,25). The van der Waals surface area contributed by atoms with Crippen LogP contribution in [0.4, 0.5) is 9.18 Å². The fourth-order valence-electron chi connectivity index (χ4n) is 3.58.